The van der Waals surface area contributed by atoms with Crippen molar-refractivity contribution in [3.05, 3.63) is 82.9 Å². The normalized spacial score (nSPS) is 12.2. The number of benzene rings is 3. The third kappa shape index (κ3) is 5.68. The molecular formula is C25H28N2O4S. The fourth-order valence-corrected chi connectivity index (χ4v) is 4.18. The lowest BCUT2D eigenvalue weighted by Gasteiger charge is -2.16. The highest BCUT2D eigenvalue weighted by Crippen LogP contribution is 2.22. The lowest BCUT2D eigenvalue weighted by molar-refractivity contribution is -0.122. The Morgan fingerprint density at radius 2 is 1.50 bits per heavy atom. The van der Waals surface area contributed by atoms with Crippen LogP contribution < -0.4 is 14.8 Å². The molecule has 0 spiro atoms. The van der Waals surface area contributed by atoms with Crippen molar-refractivity contribution in [2.75, 3.05) is 10.0 Å². The first-order valence-electron chi connectivity index (χ1n) is 10.3. The van der Waals surface area contributed by atoms with E-state index in [1.54, 1.807) is 25.1 Å². The first-order valence-corrected chi connectivity index (χ1v) is 11.8. The van der Waals surface area contributed by atoms with Gasteiger partial charge in [0.15, 0.2) is 6.10 Å². The Balaban J connectivity index is 1.66. The lowest BCUT2D eigenvalue weighted by atomic mass is 10.1. The molecule has 3 aromatic rings. The summed E-state index contributed by atoms with van der Waals surface area (Å²) in [4.78, 5) is 12.6. The topological polar surface area (TPSA) is 84.5 Å². The van der Waals surface area contributed by atoms with Crippen molar-refractivity contribution >= 4 is 27.3 Å². The molecule has 6 nitrogen and oxygen atoms in total. The maximum Gasteiger partial charge on any atom is 0.265 e. The zero-order valence-corrected chi connectivity index (χ0v) is 19.7. The van der Waals surface area contributed by atoms with E-state index < -0.39 is 16.1 Å². The van der Waals surface area contributed by atoms with Crippen molar-refractivity contribution in [3.63, 3.8) is 0 Å². The van der Waals surface area contributed by atoms with Gasteiger partial charge in [0.05, 0.1) is 10.6 Å². The van der Waals surface area contributed by atoms with Crippen molar-refractivity contribution < 1.29 is 17.9 Å². The van der Waals surface area contributed by atoms with E-state index in [2.05, 4.69) is 10.0 Å². The number of rotatable bonds is 7. The molecule has 3 rings (SSSR count). The maximum atomic E-state index is 12.7. The molecule has 0 fully saturated rings. The minimum atomic E-state index is -3.75. The van der Waals surface area contributed by atoms with E-state index in [0.717, 1.165) is 22.3 Å². The van der Waals surface area contributed by atoms with Crippen molar-refractivity contribution in [2.45, 2.75) is 45.6 Å². The van der Waals surface area contributed by atoms with E-state index in [9.17, 15) is 13.2 Å². The van der Waals surface area contributed by atoms with Crippen LogP contribution in [0.3, 0.4) is 0 Å². The Labute approximate surface area is 189 Å². The van der Waals surface area contributed by atoms with Gasteiger partial charge in [-0.1, -0.05) is 18.2 Å². The quantitative estimate of drug-likeness (QED) is 0.521. The second-order valence-corrected chi connectivity index (χ2v) is 9.63. The molecule has 0 aliphatic carbocycles. The monoisotopic (exact) mass is 452 g/mol. The maximum absolute atomic E-state index is 12.7. The Hall–Kier alpha value is -3.32. The molecular weight excluding hydrogens is 424 g/mol. The molecule has 0 aromatic heterocycles. The zero-order chi connectivity index (χ0) is 23.5. The van der Waals surface area contributed by atoms with Crippen molar-refractivity contribution in [1.82, 2.24) is 0 Å². The number of amides is 1. The van der Waals surface area contributed by atoms with Gasteiger partial charge in [-0.2, -0.15) is 0 Å². The summed E-state index contributed by atoms with van der Waals surface area (Å²) >= 11 is 0. The van der Waals surface area contributed by atoms with Gasteiger partial charge in [0, 0.05) is 5.69 Å². The molecule has 0 bridgehead atoms. The number of aryl methyl sites for hydroxylation is 4. The summed E-state index contributed by atoms with van der Waals surface area (Å²) < 4.78 is 33.8. The fourth-order valence-electron chi connectivity index (χ4n) is 3.06. The predicted octanol–water partition coefficient (Wildman–Crippen LogP) is 5.13. The Kier molecular flexibility index (Phi) is 6.89. The first-order chi connectivity index (χ1) is 15.0. The molecule has 0 aliphatic heterocycles. The highest BCUT2D eigenvalue weighted by molar-refractivity contribution is 7.92. The smallest absolute Gasteiger partial charge is 0.265 e. The number of nitrogens with one attached hydrogen (secondary N) is 2. The van der Waals surface area contributed by atoms with Crippen LogP contribution in [0.4, 0.5) is 11.4 Å². The summed E-state index contributed by atoms with van der Waals surface area (Å²) in [6, 6.07) is 17.3. The van der Waals surface area contributed by atoms with Crippen LogP contribution >= 0.6 is 0 Å². The zero-order valence-electron chi connectivity index (χ0n) is 18.9. The Morgan fingerprint density at radius 3 is 2.16 bits per heavy atom. The predicted molar refractivity (Wildman–Crippen MR) is 128 cm³/mol. The summed E-state index contributed by atoms with van der Waals surface area (Å²) in [5.74, 6) is 0.294. The molecule has 1 amide bonds. The number of carbonyl (C=O) groups excluding carboxylic acids is 1. The summed E-state index contributed by atoms with van der Waals surface area (Å²) in [6.45, 7) is 9.41. The van der Waals surface area contributed by atoms with Crippen LogP contribution in [0.2, 0.25) is 0 Å². The van der Waals surface area contributed by atoms with Crippen molar-refractivity contribution in [2.24, 2.45) is 0 Å². The van der Waals surface area contributed by atoms with Crippen LogP contribution in [0.5, 0.6) is 5.75 Å². The van der Waals surface area contributed by atoms with E-state index in [-0.39, 0.29) is 10.8 Å². The van der Waals surface area contributed by atoms with Gasteiger partial charge in [0.2, 0.25) is 0 Å². The Morgan fingerprint density at radius 1 is 0.844 bits per heavy atom. The lowest BCUT2D eigenvalue weighted by Crippen LogP contribution is -2.30. The summed E-state index contributed by atoms with van der Waals surface area (Å²) in [5, 5.41) is 2.75. The second-order valence-electron chi connectivity index (χ2n) is 7.94. The van der Waals surface area contributed by atoms with Crippen LogP contribution in [-0.4, -0.2) is 20.4 Å². The van der Waals surface area contributed by atoms with Gasteiger partial charge in [-0.25, -0.2) is 8.42 Å². The largest absolute Gasteiger partial charge is 0.481 e. The van der Waals surface area contributed by atoms with Gasteiger partial charge < -0.3 is 10.1 Å². The minimum Gasteiger partial charge on any atom is -0.481 e. The molecule has 32 heavy (non-hydrogen) atoms. The molecule has 2 N–H and O–H groups in total. The van der Waals surface area contributed by atoms with Crippen molar-refractivity contribution in [1.29, 1.82) is 0 Å². The van der Waals surface area contributed by atoms with Crippen LogP contribution in [0.25, 0.3) is 0 Å². The highest BCUT2D eigenvalue weighted by atomic mass is 32.2. The second kappa shape index (κ2) is 9.44. The van der Waals surface area contributed by atoms with Crippen LogP contribution in [0.1, 0.15) is 29.2 Å². The van der Waals surface area contributed by atoms with Gasteiger partial charge in [-0.05, 0) is 99.3 Å². The van der Waals surface area contributed by atoms with Gasteiger partial charge in [-0.15, -0.1) is 0 Å². The Bertz CT molecular complexity index is 1240. The van der Waals surface area contributed by atoms with Gasteiger partial charge in [0.1, 0.15) is 5.75 Å². The molecule has 0 radical (unpaired) electrons. The fraction of sp³-hybridized carbons (Fsp3) is 0.240. The molecule has 168 valence electrons. The van der Waals surface area contributed by atoms with E-state index >= 15 is 0 Å². The standard InChI is InChI=1S/C25H28N2O4S/c1-16-6-7-18(3)24(14-16)27-32(29,30)23-12-9-21(10-13-23)26-25(28)20(5)31-22-11-8-17(2)19(4)15-22/h6-15,20,27H,1-5H3,(H,26,28)/t20-/m1/s1. The first kappa shape index (κ1) is 23.3. The van der Waals surface area contributed by atoms with Gasteiger partial charge in [0.25, 0.3) is 15.9 Å². The summed E-state index contributed by atoms with van der Waals surface area (Å²) in [6.07, 6.45) is -0.716. The van der Waals surface area contributed by atoms with E-state index in [1.165, 1.54) is 12.1 Å². The average molecular weight is 453 g/mol. The third-order valence-corrected chi connectivity index (χ3v) is 6.61. The number of ether oxygens (including phenoxy) is 1. The van der Waals surface area contributed by atoms with E-state index in [0.29, 0.717) is 17.1 Å². The number of hydrogen-bond acceptors (Lipinski definition) is 4. The number of anilines is 2. The van der Waals surface area contributed by atoms with Gasteiger partial charge in [-0.3, -0.25) is 9.52 Å². The summed E-state index contributed by atoms with van der Waals surface area (Å²) in [7, 11) is -3.75. The number of carbonyl (C=O) groups is 1. The van der Waals surface area contributed by atoms with Crippen LogP contribution in [-0.2, 0) is 14.8 Å². The molecule has 1 atom stereocenters. The van der Waals surface area contributed by atoms with E-state index in [1.807, 2.05) is 58.0 Å². The molecule has 0 aliphatic rings. The van der Waals surface area contributed by atoms with Crippen molar-refractivity contribution in [3.8, 4) is 5.75 Å². The third-order valence-electron chi connectivity index (χ3n) is 5.23. The molecule has 3 aromatic carbocycles. The average Bonchev–Trinajstić information content (AvgIpc) is 2.73. The van der Waals surface area contributed by atoms with Crippen LogP contribution in [0, 0.1) is 27.7 Å². The van der Waals surface area contributed by atoms with E-state index in [4.69, 9.17) is 4.74 Å². The van der Waals surface area contributed by atoms with Crippen LogP contribution in [0.15, 0.2) is 65.6 Å². The number of sulfonamides is 1. The molecule has 0 heterocycles. The minimum absolute atomic E-state index is 0.107. The van der Waals surface area contributed by atoms with Gasteiger partial charge >= 0.3 is 0 Å². The molecule has 0 saturated carbocycles. The number of hydrogen-bond donors (Lipinski definition) is 2. The summed E-state index contributed by atoms with van der Waals surface area (Å²) in [5.41, 5.74) is 5.05. The highest BCUT2D eigenvalue weighted by Gasteiger charge is 2.18. The SMILES string of the molecule is Cc1ccc(C)c(NS(=O)(=O)c2ccc(NC(=O)[C@@H](C)Oc3ccc(C)c(C)c3)cc2)c1. The molecule has 7 heteroatoms. The molecule has 0 unspecified atom stereocenters. The molecule has 0 saturated heterocycles.